The number of aliphatic hydroxyl groups is 1. The minimum atomic E-state index is -0.829. The zero-order valence-corrected chi connectivity index (χ0v) is 10.5. The van der Waals surface area contributed by atoms with Crippen molar-refractivity contribution >= 4 is 0 Å². The maximum atomic E-state index is 10.0. The van der Waals surface area contributed by atoms with Crippen LogP contribution in [0.5, 0.6) is 11.5 Å². The van der Waals surface area contributed by atoms with Gasteiger partial charge >= 0.3 is 0 Å². The van der Waals surface area contributed by atoms with Gasteiger partial charge in [-0.25, -0.2) is 0 Å². The highest BCUT2D eigenvalue weighted by Gasteiger charge is 2.25. The molecule has 0 fully saturated rings. The number of hydrogen-bond acceptors (Lipinski definition) is 4. The average Bonchev–Trinajstić information content (AvgIpc) is 2.15. The molecule has 1 rings (SSSR count). The first kappa shape index (κ1) is 13.8. The molecule has 0 spiro atoms. The lowest BCUT2D eigenvalue weighted by molar-refractivity contribution is 0.130. The van der Waals surface area contributed by atoms with Crippen LogP contribution in [0.2, 0.25) is 0 Å². The molecule has 0 heterocycles. The average molecular weight is 239 g/mol. The SMILES string of the molecule is CC(C)(C)[C@H](N)C[C@@H](O)c1ccc(O)cc1O. The molecule has 5 N–H and O–H groups in total. The van der Waals surface area contributed by atoms with Crippen LogP contribution >= 0.6 is 0 Å². The Bertz CT molecular complexity index is 385. The van der Waals surface area contributed by atoms with E-state index < -0.39 is 6.10 Å². The van der Waals surface area contributed by atoms with E-state index in [0.29, 0.717) is 12.0 Å². The summed E-state index contributed by atoms with van der Waals surface area (Å²) in [6, 6.07) is 3.97. The number of aromatic hydroxyl groups is 2. The van der Waals surface area contributed by atoms with Crippen LogP contribution in [-0.4, -0.2) is 21.4 Å². The van der Waals surface area contributed by atoms with Crippen molar-refractivity contribution in [1.82, 2.24) is 0 Å². The number of phenolic OH excluding ortho intramolecular Hbond substituents is 2. The lowest BCUT2D eigenvalue weighted by Gasteiger charge is -2.29. The molecule has 0 unspecified atom stereocenters. The van der Waals surface area contributed by atoms with Crippen molar-refractivity contribution < 1.29 is 15.3 Å². The first-order chi connectivity index (χ1) is 7.71. The normalized spacial score (nSPS) is 15.6. The van der Waals surface area contributed by atoms with E-state index in [4.69, 9.17) is 10.8 Å². The van der Waals surface area contributed by atoms with E-state index in [0.717, 1.165) is 0 Å². The van der Waals surface area contributed by atoms with Gasteiger partial charge in [-0.1, -0.05) is 20.8 Å². The highest BCUT2D eigenvalue weighted by Crippen LogP contribution is 2.32. The summed E-state index contributed by atoms with van der Waals surface area (Å²) in [6.07, 6.45) is -0.466. The number of hydrogen-bond donors (Lipinski definition) is 4. The van der Waals surface area contributed by atoms with Crippen LogP contribution < -0.4 is 5.73 Å². The van der Waals surface area contributed by atoms with Crippen LogP contribution in [0, 0.1) is 5.41 Å². The second-order valence-corrected chi connectivity index (χ2v) is 5.47. The predicted octanol–water partition coefficient (Wildman–Crippen LogP) is 1.89. The van der Waals surface area contributed by atoms with Crippen LogP contribution in [-0.2, 0) is 0 Å². The summed E-state index contributed by atoms with van der Waals surface area (Å²) in [5.41, 5.74) is 6.27. The van der Waals surface area contributed by atoms with E-state index in [1.165, 1.54) is 18.2 Å². The topological polar surface area (TPSA) is 86.7 Å². The maximum absolute atomic E-state index is 10.0. The lowest BCUT2D eigenvalue weighted by Crippen LogP contribution is -2.36. The number of phenols is 2. The summed E-state index contributed by atoms with van der Waals surface area (Å²) in [5, 5.41) is 28.8. The smallest absolute Gasteiger partial charge is 0.125 e. The van der Waals surface area contributed by atoms with Gasteiger partial charge < -0.3 is 21.1 Å². The van der Waals surface area contributed by atoms with Crippen LogP contribution in [0.25, 0.3) is 0 Å². The first-order valence-corrected chi connectivity index (χ1v) is 5.67. The van der Waals surface area contributed by atoms with Gasteiger partial charge in [-0.3, -0.25) is 0 Å². The second kappa shape index (κ2) is 4.94. The van der Waals surface area contributed by atoms with Crippen LogP contribution in [0.3, 0.4) is 0 Å². The Labute approximate surface area is 102 Å². The molecule has 4 nitrogen and oxygen atoms in total. The number of benzene rings is 1. The highest BCUT2D eigenvalue weighted by atomic mass is 16.3. The summed E-state index contributed by atoms with van der Waals surface area (Å²) in [5.74, 6) is -0.142. The van der Waals surface area contributed by atoms with Crippen molar-refractivity contribution in [2.24, 2.45) is 11.1 Å². The van der Waals surface area contributed by atoms with Crippen LogP contribution in [0.15, 0.2) is 18.2 Å². The number of aliphatic hydroxyl groups excluding tert-OH is 1. The molecule has 0 aliphatic rings. The summed E-state index contributed by atoms with van der Waals surface area (Å²) in [4.78, 5) is 0. The van der Waals surface area contributed by atoms with Crippen molar-refractivity contribution in [3.05, 3.63) is 23.8 Å². The summed E-state index contributed by atoms with van der Waals surface area (Å²) in [7, 11) is 0. The van der Waals surface area contributed by atoms with Gasteiger partial charge in [-0.15, -0.1) is 0 Å². The molecule has 0 saturated heterocycles. The monoisotopic (exact) mass is 239 g/mol. The molecule has 17 heavy (non-hydrogen) atoms. The highest BCUT2D eigenvalue weighted by molar-refractivity contribution is 5.40. The lowest BCUT2D eigenvalue weighted by atomic mass is 9.83. The van der Waals surface area contributed by atoms with Gasteiger partial charge in [0, 0.05) is 17.7 Å². The molecular weight excluding hydrogens is 218 g/mol. The van der Waals surface area contributed by atoms with E-state index in [-0.39, 0.29) is 23.0 Å². The van der Waals surface area contributed by atoms with Crippen molar-refractivity contribution in [3.63, 3.8) is 0 Å². The van der Waals surface area contributed by atoms with Gasteiger partial charge in [0.25, 0.3) is 0 Å². The minimum absolute atomic E-state index is 0.0291. The van der Waals surface area contributed by atoms with Crippen molar-refractivity contribution in [1.29, 1.82) is 0 Å². The predicted molar refractivity (Wildman–Crippen MR) is 66.8 cm³/mol. The Balaban J connectivity index is 2.80. The molecule has 4 heteroatoms. The fourth-order valence-electron chi connectivity index (χ4n) is 1.53. The Morgan fingerprint density at radius 1 is 1.24 bits per heavy atom. The molecule has 0 aliphatic carbocycles. The number of rotatable bonds is 3. The third-order valence-electron chi connectivity index (χ3n) is 2.96. The molecule has 0 aromatic heterocycles. The van der Waals surface area contributed by atoms with Crippen LogP contribution in [0.1, 0.15) is 38.9 Å². The van der Waals surface area contributed by atoms with Gasteiger partial charge in [0.2, 0.25) is 0 Å². The first-order valence-electron chi connectivity index (χ1n) is 5.67. The fraction of sp³-hybridized carbons (Fsp3) is 0.538. The van der Waals surface area contributed by atoms with E-state index >= 15 is 0 Å². The molecule has 0 radical (unpaired) electrons. The Morgan fingerprint density at radius 2 is 1.82 bits per heavy atom. The molecule has 0 saturated carbocycles. The van der Waals surface area contributed by atoms with Gasteiger partial charge in [0.1, 0.15) is 11.5 Å². The van der Waals surface area contributed by atoms with Gasteiger partial charge in [-0.05, 0) is 24.0 Å². The van der Waals surface area contributed by atoms with Crippen molar-refractivity contribution in [2.45, 2.75) is 39.3 Å². The second-order valence-electron chi connectivity index (χ2n) is 5.47. The molecule has 0 aliphatic heterocycles. The Morgan fingerprint density at radius 3 is 2.29 bits per heavy atom. The van der Waals surface area contributed by atoms with E-state index in [1.807, 2.05) is 20.8 Å². The maximum Gasteiger partial charge on any atom is 0.125 e. The fourth-order valence-corrected chi connectivity index (χ4v) is 1.53. The van der Waals surface area contributed by atoms with Gasteiger partial charge in [0.05, 0.1) is 6.10 Å². The summed E-state index contributed by atoms with van der Waals surface area (Å²) >= 11 is 0. The Hall–Kier alpha value is -1.26. The van der Waals surface area contributed by atoms with Gasteiger partial charge in [-0.2, -0.15) is 0 Å². The third-order valence-corrected chi connectivity index (χ3v) is 2.96. The Kier molecular flexibility index (Phi) is 4.01. The molecule has 1 aromatic carbocycles. The third kappa shape index (κ3) is 3.61. The van der Waals surface area contributed by atoms with E-state index in [1.54, 1.807) is 0 Å². The molecule has 0 bridgehead atoms. The molecule has 96 valence electrons. The zero-order valence-electron chi connectivity index (χ0n) is 10.5. The van der Waals surface area contributed by atoms with E-state index in [2.05, 4.69) is 0 Å². The quantitative estimate of drug-likeness (QED) is 0.649. The largest absolute Gasteiger partial charge is 0.508 e. The zero-order chi connectivity index (χ0) is 13.2. The van der Waals surface area contributed by atoms with Crippen molar-refractivity contribution in [3.8, 4) is 11.5 Å². The molecule has 1 aromatic rings. The molecule has 2 atom stereocenters. The molecule has 0 amide bonds. The standard InChI is InChI=1S/C13H21NO3/c1-13(2,3)12(14)7-11(17)9-5-4-8(15)6-10(9)16/h4-6,11-12,15-17H,7,14H2,1-3H3/t11-,12-/m1/s1. The summed E-state index contributed by atoms with van der Waals surface area (Å²) in [6.45, 7) is 6.00. The van der Waals surface area contributed by atoms with Gasteiger partial charge in [0.15, 0.2) is 0 Å². The van der Waals surface area contributed by atoms with Crippen LogP contribution in [0.4, 0.5) is 0 Å². The number of nitrogens with two attached hydrogens (primary N) is 1. The van der Waals surface area contributed by atoms with E-state index in [9.17, 15) is 10.2 Å². The molecular formula is C13H21NO3. The van der Waals surface area contributed by atoms with Crippen molar-refractivity contribution in [2.75, 3.05) is 0 Å². The summed E-state index contributed by atoms with van der Waals surface area (Å²) < 4.78 is 0. The minimum Gasteiger partial charge on any atom is -0.508 e.